The Morgan fingerprint density at radius 2 is 1.71 bits per heavy atom. The lowest BCUT2D eigenvalue weighted by molar-refractivity contribution is 0.102. The van der Waals surface area contributed by atoms with Crippen LogP contribution in [-0.4, -0.2) is 11.0 Å². The highest BCUT2D eigenvalue weighted by Crippen LogP contribution is 2.31. The number of aliphatic hydroxyl groups excluding tert-OH is 1. The number of nitrogens with one attached hydrogen (secondary N) is 1. The molecule has 0 aliphatic heterocycles. The first-order valence-corrected chi connectivity index (χ1v) is 9.30. The number of halogens is 2. The molecule has 4 nitrogen and oxygen atoms in total. The molecule has 0 aliphatic carbocycles. The Kier molecular flexibility index (Phi) is 5.09. The largest absolute Gasteiger partial charge is 0.459 e. The van der Waals surface area contributed by atoms with Crippen molar-refractivity contribution in [3.63, 3.8) is 0 Å². The maximum atomic E-state index is 12.9. The number of rotatable bonds is 4. The fourth-order valence-electron chi connectivity index (χ4n) is 3.05. The second-order valence-corrected chi connectivity index (χ2v) is 7.03. The molecule has 4 aromatic rings. The maximum Gasteiger partial charge on any atom is 0.256 e. The summed E-state index contributed by atoms with van der Waals surface area (Å²) in [6.07, 6.45) is 0. The Morgan fingerprint density at radius 1 is 0.929 bits per heavy atom. The van der Waals surface area contributed by atoms with Gasteiger partial charge in [0, 0.05) is 21.5 Å². The van der Waals surface area contributed by atoms with E-state index in [4.69, 9.17) is 32.7 Å². The molecule has 0 spiro atoms. The van der Waals surface area contributed by atoms with Crippen LogP contribution < -0.4 is 5.32 Å². The topological polar surface area (TPSA) is 62.5 Å². The average Bonchev–Trinajstić information content (AvgIpc) is 3.19. The smallest absolute Gasteiger partial charge is 0.256 e. The second kappa shape index (κ2) is 7.68. The highest BCUT2D eigenvalue weighted by molar-refractivity contribution is 6.36. The Balaban J connectivity index is 1.68. The fraction of sp³-hybridized carbons (Fsp3) is 0.0455. The summed E-state index contributed by atoms with van der Waals surface area (Å²) in [5.41, 5.74) is 1.70. The molecule has 1 aromatic heterocycles. The minimum atomic E-state index is -0.289. The summed E-state index contributed by atoms with van der Waals surface area (Å²) in [7, 11) is 0. The van der Waals surface area contributed by atoms with E-state index in [0.717, 1.165) is 16.3 Å². The summed E-state index contributed by atoms with van der Waals surface area (Å²) in [4.78, 5) is 12.9. The molecule has 3 aromatic carbocycles. The van der Waals surface area contributed by atoms with Gasteiger partial charge in [0.05, 0.1) is 10.7 Å². The van der Waals surface area contributed by atoms with E-state index in [-0.39, 0.29) is 12.5 Å². The lowest BCUT2D eigenvalue weighted by Gasteiger charge is -2.11. The SMILES string of the molecule is O=C(Nc1cc(-c2ccc(CO)o2)ccc1Cl)c1cccc2c(Cl)cccc12. The van der Waals surface area contributed by atoms with E-state index in [2.05, 4.69) is 5.32 Å². The molecule has 0 saturated carbocycles. The zero-order valence-corrected chi connectivity index (χ0v) is 16.1. The molecule has 0 saturated heterocycles. The van der Waals surface area contributed by atoms with E-state index in [1.54, 1.807) is 48.5 Å². The summed E-state index contributed by atoms with van der Waals surface area (Å²) in [5.74, 6) is 0.749. The van der Waals surface area contributed by atoms with Crippen LogP contribution in [0.25, 0.3) is 22.1 Å². The van der Waals surface area contributed by atoms with Crippen LogP contribution in [0.1, 0.15) is 16.1 Å². The van der Waals surface area contributed by atoms with E-state index in [0.29, 0.717) is 32.8 Å². The first kappa shape index (κ1) is 18.6. The van der Waals surface area contributed by atoms with Gasteiger partial charge in [0.15, 0.2) is 0 Å². The van der Waals surface area contributed by atoms with E-state index < -0.39 is 0 Å². The zero-order chi connectivity index (χ0) is 19.7. The second-order valence-electron chi connectivity index (χ2n) is 6.21. The lowest BCUT2D eigenvalue weighted by Crippen LogP contribution is -2.12. The molecule has 28 heavy (non-hydrogen) atoms. The normalized spacial score (nSPS) is 11.0. The summed E-state index contributed by atoms with van der Waals surface area (Å²) in [6, 6.07) is 19.5. The standard InChI is InChI=1S/C22H15Cl2NO3/c23-18-6-2-3-15-16(18)4-1-5-17(15)22(27)25-20-11-13(7-9-19(20)24)21-10-8-14(12-26)28-21/h1-11,26H,12H2,(H,25,27). The molecule has 0 radical (unpaired) electrons. The minimum absolute atomic E-state index is 0.180. The quantitative estimate of drug-likeness (QED) is 0.423. The third-order valence-corrected chi connectivity index (χ3v) is 5.09. The monoisotopic (exact) mass is 411 g/mol. The molecule has 1 heterocycles. The van der Waals surface area contributed by atoms with Crippen LogP contribution in [-0.2, 0) is 6.61 Å². The Hall–Kier alpha value is -2.79. The van der Waals surface area contributed by atoms with Gasteiger partial charge >= 0.3 is 0 Å². The van der Waals surface area contributed by atoms with Gasteiger partial charge in [0.2, 0.25) is 0 Å². The molecule has 0 unspecified atom stereocenters. The van der Waals surface area contributed by atoms with Gasteiger partial charge in [-0.25, -0.2) is 0 Å². The Bertz CT molecular complexity index is 1180. The van der Waals surface area contributed by atoms with Gasteiger partial charge in [-0.05, 0) is 47.9 Å². The third-order valence-electron chi connectivity index (χ3n) is 4.43. The van der Waals surface area contributed by atoms with E-state index in [1.807, 2.05) is 18.2 Å². The van der Waals surface area contributed by atoms with E-state index >= 15 is 0 Å². The maximum absolute atomic E-state index is 12.9. The summed E-state index contributed by atoms with van der Waals surface area (Å²) in [6.45, 7) is -0.180. The first-order chi connectivity index (χ1) is 13.6. The highest BCUT2D eigenvalue weighted by Gasteiger charge is 2.14. The van der Waals surface area contributed by atoms with Gasteiger partial charge in [0.25, 0.3) is 5.91 Å². The number of anilines is 1. The van der Waals surface area contributed by atoms with Crippen molar-refractivity contribution >= 4 is 45.6 Å². The molecule has 0 fully saturated rings. The van der Waals surface area contributed by atoms with Crippen LogP contribution in [0.2, 0.25) is 10.0 Å². The van der Waals surface area contributed by atoms with E-state index in [1.165, 1.54) is 0 Å². The molecule has 6 heteroatoms. The van der Waals surface area contributed by atoms with Gasteiger partial charge in [-0.3, -0.25) is 4.79 Å². The number of fused-ring (bicyclic) bond motifs is 1. The van der Waals surface area contributed by atoms with Crippen LogP contribution >= 0.6 is 23.2 Å². The number of hydrogen-bond acceptors (Lipinski definition) is 3. The van der Waals surface area contributed by atoms with Gasteiger partial charge < -0.3 is 14.8 Å². The molecule has 2 N–H and O–H groups in total. The fourth-order valence-corrected chi connectivity index (χ4v) is 3.45. The van der Waals surface area contributed by atoms with Crippen molar-refractivity contribution in [1.82, 2.24) is 0 Å². The number of carbonyl (C=O) groups is 1. The summed E-state index contributed by atoms with van der Waals surface area (Å²) < 4.78 is 5.55. The highest BCUT2D eigenvalue weighted by atomic mass is 35.5. The molecule has 4 rings (SSSR count). The van der Waals surface area contributed by atoms with Crippen molar-refractivity contribution in [3.05, 3.63) is 88.1 Å². The number of amides is 1. The third kappa shape index (κ3) is 3.50. The number of aliphatic hydroxyl groups is 1. The van der Waals surface area contributed by atoms with Crippen LogP contribution in [0.3, 0.4) is 0 Å². The van der Waals surface area contributed by atoms with Crippen molar-refractivity contribution in [2.75, 3.05) is 5.32 Å². The van der Waals surface area contributed by atoms with Gasteiger partial charge in [0.1, 0.15) is 18.1 Å². The van der Waals surface area contributed by atoms with Crippen LogP contribution in [0, 0.1) is 0 Å². The Labute approximate surface area is 171 Å². The molecule has 1 amide bonds. The van der Waals surface area contributed by atoms with Crippen LogP contribution in [0.4, 0.5) is 5.69 Å². The predicted octanol–water partition coefficient (Wildman–Crippen LogP) is 6.15. The molecule has 140 valence electrons. The average molecular weight is 412 g/mol. The van der Waals surface area contributed by atoms with Crippen molar-refractivity contribution in [2.45, 2.75) is 6.61 Å². The zero-order valence-electron chi connectivity index (χ0n) is 14.6. The number of furan rings is 1. The molecule has 0 bridgehead atoms. The Morgan fingerprint density at radius 3 is 2.50 bits per heavy atom. The first-order valence-electron chi connectivity index (χ1n) is 8.55. The van der Waals surface area contributed by atoms with Crippen LogP contribution in [0.5, 0.6) is 0 Å². The molecule has 0 atom stereocenters. The minimum Gasteiger partial charge on any atom is -0.459 e. The molecular weight excluding hydrogens is 397 g/mol. The summed E-state index contributed by atoms with van der Waals surface area (Å²) in [5, 5.41) is 14.6. The van der Waals surface area contributed by atoms with Crippen molar-refractivity contribution in [1.29, 1.82) is 0 Å². The molecular formula is C22H15Cl2NO3. The van der Waals surface area contributed by atoms with Crippen molar-refractivity contribution < 1.29 is 14.3 Å². The van der Waals surface area contributed by atoms with Crippen molar-refractivity contribution in [3.8, 4) is 11.3 Å². The predicted molar refractivity (Wildman–Crippen MR) is 112 cm³/mol. The molecule has 0 aliphatic rings. The summed E-state index contributed by atoms with van der Waals surface area (Å²) >= 11 is 12.5. The van der Waals surface area contributed by atoms with Gasteiger partial charge in [-0.1, -0.05) is 47.5 Å². The van der Waals surface area contributed by atoms with Gasteiger partial charge in [-0.2, -0.15) is 0 Å². The van der Waals surface area contributed by atoms with Crippen molar-refractivity contribution in [2.24, 2.45) is 0 Å². The van der Waals surface area contributed by atoms with E-state index in [9.17, 15) is 4.79 Å². The number of carbonyl (C=O) groups excluding carboxylic acids is 1. The van der Waals surface area contributed by atoms with Crippen LogP contribution in [0.15, 0.2) is 71.1 Å². The lowest BCUT2D eigenvalue weighted by atomic mass is 10.0. The number of hydrogen-bond donors (Lipinski definition) is 2. The van der Waals surface area contributed by atoms with Gasteiger partial charge in [-0.15, -0.1) is 0 Å². The number of benzene rings is 3.